The maximum atomic E-state index is 11.5. The molecule has 24 heavy (non-hydrogen) atoms. The Hall–Kier alpha value is -1.97. The van der Waals surface area contributed by atoms with Gasteiger partial charge in [-0.1, -0.05) is 43.3 Å². The molecule has 1 rings (SSSR count). The Balaban J connectivity index is 2.02. The fraction of sp³-hybridized carbons (Fsp3) is 0.571. The van der Waals surface area contributed by atoms with Gasteiger partial charge in [-0.3, -0.25) is 4.79 Å². The average molecular weight is 328 g/mol. The van der Waals surface area contributed by atoms with Crippen molar-refractivity contribution in [2.75, 3.05) is 0 Å². The molecule has 0 unspecified atom stereocenters. The summed E-state index contributed by atoms with van der Waals surface area (Å²) in [5.74, 6) is 11.0. The van der Waals surface area contributed by atoms with Crippen molar-refractivity contribution >= 4 is 5.97 Å². The number of cyclic esters (lactones) is 1. The smallest absolute Gasteiger partial charge is 0.312 e. The number of carbonyl (C=O) groups excluding carboxylic acids is 1. The molecule has 0 radical (unpaired) electrons. The number of esters is 1. The largest absolute Gasteiger partial charge is 0.460 e. The highest BCUT2D eigenvalue weighted by Crippen LogP contribution is 2.26. The molecular weight excluding hydrogens is 300 g/mol. The molecule has 1 aliphatic rings. The van der Waals surface area contributed by atoms with E-state index < -0.39 is 6.10 Å². The van der Waals surface area contributed by atoms with Crippen molar-refractivity contribution in [1.82, 2.24) is 0 Å². The van der Waals surface area contributed by atoms with Gasteiger partial charge in [-0.15, -0.1) is 6.58 Å². The number of hydrogen-bond donors (Lipinski definition) is 1. The summed E-state index contributed by atoms with van der Waals surface area (Å²) >= 11 is 0. The second-order valence-corrected chi connectivity index (χ2v) is 6.03. The number of carbonyl (C=O) groups is 1. The first-order chi connectivity index (χ1) is 11.7. The van der Waals surface area contributed by atoms with Gasteiger partial charge in [0.15, 0.2) is 0 Å². The Kier molecular flexibility index (Phi) is 10.4. The molecule has 3 atom stereocenters. The number of aliphatic hydroxyl groups excluding tert-OH is 1. The van der Waals surface area contributed by atoms with Crippen molar-refractivity contribution < 1.29 is 14.6 Å². The zero-order valence-corrected chi connectivity index (χ0v) is 14.6. The number of hydrogen-bond acceptors (Lipinski definition) is 3. The first-order valence-electron chi connectivity index (χ1n) is 8.79. The molecule has 1 aliphatic heterocycles. The molecule has 0 saturated carbocycles. The van der Waals surface area contributed by atoms with E-state index in [0.717, 1.165) is 44.9 Å². The highest BCUT2D eigenvalue weighted by Gasteiger charge is 2.40. The highest BCUT2D eigenvalue weighted by atomic mass is 16.6. The zero-order valence-electron chi connectivity index (χ0n) is 14.6. The molecule has 0 aliphatic carbocycles. The Morgan fingerprint density at radius 3 is 2.71 bits per heavy atom. The summed E-state index contributed by atoms with van der Waals surface area (Å²) in [5.41, 5.74) is 0. The molecular formula is C21H28O3. The summed E-state index contributed by atoms with van der Waals surface area (Å²) in [5, 5.41) is 9.85. The highest BCUT2D eigenvalue weighted by molar-refractivity contribution is 5.75. The van der Waals surface area contributed by atoms with E-state index in [-0.39, 0.29) is 18.0 Å². The van der Waals surface area contributed by atoms with E-state index in [1.54, 1.807) is 6.92 Å². The van der Waals surface area contributed by atoms with Gasteiger partial charge in [0, 0.05) is 6.42 Å². The van der Waals surface area contributed by atoms with Crippen LogP contribution in [-0.2, 0) is 9.53 Å². The first-order valence-corrected chi connectivity index (χ1v) is 8.79. The van der Waals surface area contributed by atoms with Crippen molar-refractivity contribution in [2.45, 2.75) is 70.5 Å². The quantitative estimate of drug-likeness (QED) is 0.303. The van der Waals surface area contributed by atoms with Crippen LogP contribution in [0.5, 0.6) is 0 Å². The molecule has 1 saturated heterocycles. The van der Waals surface area contributed by atoms with E-state index in [1.165, 1.54) is 0 Å². The standard InChI is InChI=1S/C21H28O3/c1-3-4-5-6-7-8-9-10-11-12-13-14-15-16-17-19-20(22)18(2)24-21(19)23/h3,6-7,18-20,22H,1,4-5,12-17H2,2H3/t18-,19+,20+/m1/s1. The van der Waals surface area contributed by atoms with Crippen LogP contribution >= 0.6 is 0 Å². The Morgan fingerprint density at radius 1 is 1.21 bits per heavy atom. The normalized spacial score (nSPS) is 22.4. The number of unbranched alkanes of at least 4 members (excludes halogenated alkanes) is 5. The van der Waals surface area contributed by atoms with Gasteiger partial charge in [-0.05, 0) is 50.5 Å². The lowest BCUT2D eigenvalue weighted by Gasteiger charge is -2.11. The van der Waals surface area contributed by atoms with Gasteiger partial charge in [-0.25, -0.2) is 0 Å². The van der Waals surface area contributed by atoms with Crippen molar-refractivity contribution in [3.63, 3.8) is 0 Å². The summed E-state index contributed by atoms with van der Waals surface area (Å²) in [6, 6.07) is 0. The second-order valence-electron chi connectivity index (χ2n) is 6.03. The SMILES string of the molecule is C=CCCC=CC#CC#CCCCCCC[C@@H]1C(=O)O[C@H](C)[C@@H]1O. The fourth-order valence-corrected chi connectivity index (χ4v) is 2.57. The van der Waals surface area contributed by atoms with E-state index in [0.29, 0.717) is 6.42 Å². The van der Waals surface area contributed by atoms with Crippen LogP contribution in [0.2, 0.25) is 0 Å². The lowest BCUT2D eigenvalue weighted by molar-refractivity contribution is -0.143. The average Bonchev–Trinajstić information content (AvgIpc) is 2.81. The molecule has 1 fully saturated rings. The van der Waals surface area contributed by atoms with Crippen LogP contribution in [0.15, 0.2) is 24.8 Å². The number of rotatable bonds is 9. The third kappa shape index (κ3) is 8.04. The molecule has 0 spiro atoms. The molecule has 1 heterocycles. The van der Waals surface area contributed by atoms with Gasteiger partial charge < -0.3 is 9.84 Å². The van der Waals surface area contributed by atoms with E-state index in [4.69, 9.17) is 4.74 Å². The second kappa shape index (κ2) is 12.5. The summed E-state index contributed by atoms with van der Waals surface area (Å²) in [6.45, 7) is 5.40. The van der Waals surface area contributed by atoms with Crippen LogP contribution in [0.3, 0.4) is 0 Å². The zero-order chi connectivity index (χ0) is 17.6. The van der Waals surface area contributed by atoms with Crippen molar-refractivity contribution in [2.24, 2.45) is 5.92 Å². The molecule has 0 bridgehead atoms. The topological polar surface area (TPSA) is 46.5 Å². The Bertz CT molecular complexity index is 539. The monoisotopic (exact) mass is 328 g/mol. The van der Waals surface area contributed by atoms with Gasteiger partial charge in [-0.2, -0.15) is 0 Å². The summed E-state index contributed by atoms with van der Waals surface area (Å²) in [6.07, 6.45) is 12.3. The predicted molar refractivity (Wildman–Crippen MR) is 96.9 cm³/mol. The molecule has 0 aromatic carbocycles. The number of allylic oxidation sites excluding steroid dienone is 3. The first kappa shape index (κ1) is 20.1. The lowest BCUT2D eigenvalue weighted by atomic mass is 9.95. The van der Waals surface area contributed by atoms with Crippen LogP contribution < -0.4 is 0 Å². The van der Waals surface area contributed by atoms with Crippen LogP contribution in [0.4, 0.5) is 0 Å². The van der Waals surface area contributed by atoms with Crippen molar-refractivity contribution in [1.29, 1.82) is 0 Å². The van der Waals surface area contributed by atoms with Gasteiger partial charge in [0.05, 0.1) is 5.92 Å². The Labute approximate surface area is 146 Å². The summed E-state index contributed by atoms with van der Waals surface area (Å²) < 4.78 is 5.03. The van der Waals surface area contributed by atoms with Crippen LogP contribution in [0.1, 0.15) is 58.3 Å². The van der Waals surface area contributed by atoms with Crippen molar-refractivity contribution in [3.05, 3.63) is 24.8 Å². The lowest BCUT2D eigenvalue weighted by Crippen LogP contribution is -2.24. The minimum Gasteiger partial charge on any atom is -0.460 e. The van der Waals surface area contributed by atoms with Crippen LogP contribution in [0.25, 0.3) is 0 Å². The van der Waals surface area contributed by atoms with E-state index in [9.17, 15) is 9.90 Å². The third-order valence-corrected chi connectivity index (χ3v) is 4.03. The molecule has 1 N–H and O–H groups in total. The summed E-state index contributed by atoms with van der Waals surface area (Å²) in [4.78, 5) is 11.5. The van der Waals surface area contributed by atoms with Crippen molar-refractivity contribution in [3.8, 4) is 23.7 Å². The molecule has 3 nitrogen and oxygen atoms in total. The van der Waals surface area contributed by atoms with Gasteiger partial charge in [0.2, 0.25) is 0 Å². The van der Waals surface area contributed by atoms with Crippen LogP contribution in [0, 0.1) is 29.6 Å². The van der Waals surface area contributed by atoms with Gasteiger partial charge >= 0.3 is 5.97 Å². The van der Waals surface area contributed by atoms with Crippen LogP contribution in [-0.4, -0.2) is 23.3 Å². The molecule has 3 heteroatoms. The molecule has 130 valence electrons. The number of aliphatic hydroxyl groups is 1. The summed E-state index contributed by atoms with van der Waals surface area (Å²) in [7, 11) is 0. The maximum Gasteiger partial charge on any atom is 0.312 e. The molecule has 0 amide bonds. The number of ether oxygens (including phenoxy) is 1. The minimum atomic E-state index is -0.646. The fourth-order valence-electron chi connectivity index (χ4n) is 2.57. The third-order valence-electron chi connectivity index (χ3n) is 4.03. The van der Waals surface area contributed by atoms with E-state index >= 15 is 0 Å². The molecule has 0 aromatic rings. The van der Waals surface area contributed by atoms with E-state index in [1.807, 2.05) is 18.2 Å². The Morgan fingerprint density at radius 2 is 2.00 bits per heavy atom. The predicted octanol–water partition coefficient (Wildman–Crippen LogP) is 3.78. The van der Waals surface area contributed by atoms with E-state index in [2.05, 4.69) is 30.3 Å². The van der Waals surface area contributed by atoms with Gasteiger partial charge in [0.25, 0.3) is 0 Å². The molecule has 0 aromatic heterocycles. The minimum absolute atomic E-state index is 0.252. The maximum absolute atomic E-state index is 11.5. The van der Waals surface area contributed by atoms with Gasteiger partial charge in [0.1, 0.15) is 12.2 Å².